The Bertz CT molecular complexity index is 481. The van der Waals surface area contributed by atoms with Crippen LogP contribution in [0.5, 0.6) is 0 Å². The van der Waals surface area contributed by atoms with Gasteiger partial charge in [0.15, 0.2) is 11.6 Å². The number of aryl methyl sites for hydroxylation is 1. The van der Waals surface area contributed by atoms with Crippen molar-refractivity contribution in [2.75, 3.05) is 12.4 Å². The highest BCUT2D eigenvalue weighted by atomic mass is 79.9. The second-order valence-electron chi connectivity index (χ2n) is 3.07. The van der Waals surface area contributed by atoms with Crippen molar-refractivity contribution >= 4 is 21.7 Å². The summed E-state index contributed by atoms with van der Waals surface area (Å²) in [5.74, 6) is 2.04. The maximum absolute atomic E-state index is 5.32. The first kappa shape index (κ1) is 10.2. The standard InChI is InChI=1S/C10H10BrN3O/c1-6-3-4-15-8(6)10-13-5-7(11)9(12-2)14-10/h3-5H,1-2H3,(H,12,13,14). The van der Waals surface area contributed by atoms with Gasteiger partial charge >= 0.3 is 0 Å². The zero-order valence-corrected chi connectivity index (χ0v) is 10.00. The molecular weight excluding hydrogens is 258 g/mol. The third-order valence-corrected chi connectivity index (χ3v) is 2.63. The van der Waals surface area contributed by atoms with Gasteiger partial charge in [-0.2, -0.15) is 0 Å². The van der Waals surface area contributed by atoms with E-state index in [1.165, 1.54) is 0 Å². The predicted molar refractivity (Wildman–Crippen MR) is 61.7 cm³/mol. The molecule has 0 saturated heterocycles. The van der Waals surface area contributed by atoms with Crippen LogP contribution in [-0.4, -0.2) is 17.0 Å². The molecule has 0 radical (unpaired) electrons. The van der Waals surface area contributed by atoms with Gasteiger partial charge in [-0.05, 0) is 34.5 Å². The largest absolute Gasteiger partial charge is 0.461 e. The van der Waals surface area contributed by atoms with Crippen LogP contribution in [0.1, 0.15) is 5.56 Å². The zero-order valence-electron chi connectivity index (χ0n) is 8.41. The van der Waals surface area contributed by atoms with E-state index in [0.29, 0.717) is 11.6 Å². The fourth-order valence-corrected chi connectivity index (χ4v) is 1.64. The first-order chi connectivity index (χ1) is 7.22. The maximum atomic E-state index is 5.32. The number of hydrogen-bond donors (Lipinski definition) is 1. The Labute approximate surface area is 95.9 Å². The average molecular weight is 268 g/mol. The van der Waals surface area contributed by atoms with E-state index in [1.54, 1.807) is 12.5 Å². The van der Waals surface area contributed by atoms with Gasteiger partial charge in [-0.3, -0.25) is 0 Å². The molecule has 2 aromatic rings. The summed E-state index contributed by atoms with van der Waals surface area (Å²) < 4.78 is 6.15. The van der Waals surface area contributed by atoms with E-state index in [0.717, 1.165) is 15.9 Å². The van der Waals surface area contributed by atoms with Crippen molar-refractivity contribution in [3.05, 3.63) is 28.6 Å². The second-order valence-corrected chi connectivity index (χ2v) is 3.93. The molecule has 5 heteroatoms. The number of hydrogen-bond acceptors (Lipinski definition) is 4. The summed E-state index contributed by atoms with van der Waals surface area (Å²) in [6, 6.07) is 1.89. The van der Waals surface area contributed by atoms with E-state index in [9.17, 15) is 0 Å². The molecule has 0 bridgehead atoms. The molecule has 0 saturated carbocycles. The van der Waals surface area contributed by atoms with Gasteiger partial charge in [0.2, 0.25) is 0 Å². The molecule has 0 aliphatic carbocycles. The molecule has 78 valence electrons. The number of anilines is 1. The highest BCUT2D eigenvalue weighted by Gasteiger charge is 2.10. The van der Waals surface area contributed by atoms with Crippen molar-refractivity contribution in [3.8, 4) is 11.6 Å². The van der Waals surface area contributed by atoms with Crippen LogP contribution in [0.15, 0.2) is 27.4 Å². The van der Waals surface area contributed by atoms with Crippen LogP contribution >= 0.6 is 15.9 Å². The van der Waals surface area contributed by atoms with Crippen molar-refractivity contribution < 1.29 is 4.42 Å². The Morgan fingerprint density at radius 3 is 2.87 bits per heavy atom. The number of furan rings is 1. The summed E-state index contributed by atoms with van der Waals surface area (Å²) >= 11 is 3.35. The van der Waals surface area contributed by atoms with Gasteiger partial charge in [0.1, 0.15) is 5.82 Å². The summed E-state index contributed by atoms with van der Waals surface area (Å²) in [7, 11) is 1.81. The van der Waals surface area contributed by atoms with Crippen molar-refractivity contribution in [1.82, 2.24) is 9.97 Å². The number of nitrogens with one attached hydrogen (secondary N) is 1. The first-order valence-electron chi connectivity index (χ1n) is 4.47. The normalized spacial score (nSPS) is 10.3. The number of rotatable bonds is 2. The topological polar surface area (TPSA) is 51.0 Å². The van der Waals surface area contributed by atoms with Gasteiger partial charge < -0.3 is 9.73 Å². The van der Waals surface area contributed by atoms with Crippen LogP contribution in [0.4, 0.5) is 5.82 Å². The molecule has 0 spiro atoms. The van der Waals surface area contributed by atoms with Crippen LogP contribution in [0.25, 0.3) is 11.6 Å². The Morgan fingerprint density at radius 1 is 1.47 bits per heavy atom. The molecule has 0 amide bonds. The molecule has 0 atom stereocenters. The minimum absolute atomic E-state index is 0.588. The van der Waals surface area contributed by atoms with Gasteiger partial charge in [-0.1, -0.05) is 0 Å². The monoisotopic (exact) mass is 267 g/mol. The first-order valence-corrected chi connectivity index (χ1v) is 5.26. The van der Waals surface area contributed by atoms with Crippen LogP contribution in [0.2, 0.25) is 0 Å². The molecule has 2 aromatic heterocycles. The lowest BCUT2D eigenvalue weighted by atomic mass is 10.3. The minimum atomic E-state index is 0.588. The smallest absolute Gasteiger partial charge is 0.197 e. The van der Waals surface area contributed by atoms with Gasteiger partial charge in [0.05, 0.1) is 10.7 Å². The molecule has 2 rings (SSSR count). The van der Waals surface area contributed by atoms with Gasteiger partial charge in [0.25, 0.3) is 0 Å². The van der Waals surface area contributed by atoms with Crippen LogP contribution < -0.4 is 5.32 Å². The van der Waals surface area contributed by atoms with Crippen molar-refractivity contribution in [3.63, 3.8) is 0 Å². The second kappa shape index (κ2) is 4.02. The molecule has 15 heavy (non-hydrogen) atoms. The van der Waals surface area contributed by atoms with Crippen LogP contribution in [0, 0.1) is 6.92 Å². The van der Waals surface area contributed by atoms with Crippen molar-refractivity contribution in [1.29, 1.82) is 0 Å². The zero-order chi connectivity index (χ0) is 10.8. The molecule has 2 heterocycles. The van der Waals surface area contributed by atoms with E-state index < -0.39 is 0 Å². The van der Waals surface area contributed by atoms with Gasteiger partial charge in [0, 0.05) is 13.2 Å². The molecule has 0 aliphatic rings. The summed E-state index contributed by atoms with van der Waals surface area (Å²) in [5, 5.41) is 2.98. The lowest BCUT2D eigenvalue weighted by molar-refractivity contribution is 0.575. The van der Waals surface area contributed by atoms with Gasteiger partial charge in [-0.15, -0.1) is 0 Å². The van der Waals surface area contributed by atoms with Crippen LogP contribution in [-0.2, 0) is 0 Å². The van der Waals surface area contributed by atoms with Crippen molar-refractivity contribution in [2.45, 2.75) is 6.92 Å². The third-order valence-electron chi connectivity index (χ3n) is 2.05. The molecule has 0 unspecified atom stereocenters. The number of aromatic nitrogens is 2. The van der Waals surface area contributed by atoms with Crippen molar-refractivity contribution in [2.24, 2.45) is 0 Å². The molecule has 0 fully saturated rings. The van der Waals surface area contributed by atoms with Gasteiger partial charge in [-0.25, -0.2) is 9.97 Å². The predicted octanol–water partition coefficient (Wildman–Crippen LogP) is 2.85. The highest BCUT2D eigenvalue weighted by Crippen LogP contribution is 2.25. The SMILES string of the molecule is CNc1nc(-c2occc2C)ncc1Br. The Morgan fingerprint density at radius 2 is 2.27 bits per heavy atom. The Hall–Kier alpha value is -1.36. The molecule has 1 N–H and O–H groups in total. The molecule has 0 aromatic carbocycles. The van der Waals surface area contributed by atoms with E-state index >= 15 is 0 Å². The molecule has 4 nitrogen and oxygen atoms in total. The van der Waals surface area contributed by atoms with E-state index in [-0.39, 0.29) is 0 Å². The third kappa shape index (κ3) is 1.87. The minimum Gasteiger partial charge on any atom is -0.461 e. The Balaban J connectivity index is 2.51. The molecule has 0 aliphatic heterocycles. The maximum Gasteiger partial charge on any atom is 0.197 e. The van der Waals surface area contributed by atoms with E-state index in [4.69, 9.17) is 4.42 Å². The highest BCUT2D eigenvalue weighted by molar-refractivity contribution is 9.10. The van der Waals surface area contributed by atoms with E-state index in [2.05, 4.69) is 31.2 Å². The lowest BCUT2D eigenvalue weighted by Crippen LogP contribution is -1.97. The fraction of sp³-hybridized carbons (Fsp3) is 0.200. The summed E-state index contributed by atoms with van der Waals surface area (Å²) in [6.07, 6.45) is 3.34. The number of halogens is 1. The van der Waals surface area contributed by atoms with Crippen LogP contribution in [0.3, 0.4) is 0 Å². The summed E-state index contributed by atoms with van der Waals surface area (Å²) in [4.78, 5) is 8.53. The average Bonchev–Trinajstić information content (AvgIpc) is 2.65. The quantitative estimate of drug-likeness (QED) is 0.909. The fourth-order valence-electron chi connectivity index (χ4n) is 1.25. The Kier molecular flexibility index (Phi) is 2.73. The summed E-state index contributed by atoms with van der Waals surface area (Å²) in [6.45, 7) is 1.96. The summed E-state index contributed by atoms with van der Waals surface area (Å²) in [5.41, 5.74) is 1.03. The number of nitrogens with zero attached hydrogens (tertiary/aromatic N) is 2. The molecular formula is C10H10BrN3O. The van der Waals surface area contributed by atoms with E-state index in [1.807, 2.05) is 20.0 Å². The lowest BCUT2D eigenvalue weighted by Gasteiger charge is -2.03.